The predicted octanol–water partition coefficient (Wildman–Crippen LogP) is 5.90. The molecule has 20 nitrogen and oxygen atoms in total. The lowest BCUT2D eigenvalue weighted by Crippen LogP contribution is -2.51. The number of piperidine rings is 2. The summed E-state index contributed by atoms with van der Waals surface area (Å²) in [7, 11) is 0. The minimum Gasteiger partial charge on any atom is -0.481 e. The third kappa shape index (κ3) is 19.8. The number of likely N-dealkylation sites (tertiary alicyclic amines) is 2. The molecule has 0 saturated carbocycles. The number of hydrogen-bond donors (Lipinski definition) is 5. The molecule has 2 heterocycles. The van der Waals surface area contributed by atoms with Gasteiger partial charge in [-0.2, -0.15) is 17.6 Å². The molecule has 6 amide bonds. The van der Waals surface area contributed by atoms with Gasteiger partial charge in [-0.25, -0.2) is 17.6 Å². The summed E-state index contributed by atoms with van der Waals surface area (Å²) in [6.45, 7) is 10.5. The lowest BCUT2D eigenvalue weighted by atomic mass is 9.95. The number of carboxylic acid groups (broad SMARTS) is 1. The second-order valence-electron chi connectivity index (χ2n) is 22.0. The maximum atomic E-state index is 14.0. The average Bonchev–Trinajstić information content (AvgIpc) is 3.49. The van der Waals surface area contributed by atoms with E-state index in [-0.39, 0.29) is 77.1 Å². The summed E-state index contributed by atoms with van der Waals surface area (Å²) < 4.78 is 124. The standard InChI is InChI=1S/C32H37F4N3O7.C28H29F4N3O7/c1-17-6-7-18(2)20(12-17)15-37-30(43)31(44)39-10-8-19(9-11-39)29(42)38-23(14-25(41)46-32(3,4)5)24(40)16-45-28-26(35)21(33)13-22(34)27(28)36;1-14-3-4-15(2)17(9-14)12-33-27(40)28(41)35-7-5-16(6-8-35)26(39)34-20(11-22(37)38)21(36)13-42-25-23(31)18(29)10-19(30)24(25)32/h6-7,12-13,19,23H,8-11,14-16H2,1-5H3,(H,37,43)(H,38,42);3-4,9-10,16,20H,5-8,11-13H2,1-2H3,(H,33,40)(H,34,39)(H,37,38)/t23-;20-/m00/s1. The van der Waals surface area contributed by atoms with Crippen molar-refractivity contribution < 1.29 is 102 Å². The number of carbonyl (C=O) groups excluding carboxylic acids is 9. The van der Waals surface area contributed by atoms with E-state index >= 15 is 0 Å². The van der Waals surface area contributed by atoms with Crippen LogP contribution in [0.15, 0.2) is 48.5 Å². The highest BCUT2D eigenvalue weighted by atomic mass is 19.2. The van der Waals surface area contributed by atoms with Crippen LogP contribution in [0.2, 0.25) is 0 Å². The number of nitrogens with zero attached hydrogens (tertiary/aromatic N) is 2. The van der Waals surface area contributed by atoms with E-state index in [1.807, 2.05) is 64.1 Å². The van der Waals surface area contributed by atoms with Gasteiger partial charge in [0, 0.05) is 63.2 Å². The van der Waals surface area contributed by atoms with Crippen molar-refractivity contribution >= 4 is 58.9 Å². The zero-order valence-corrected chi connectivity index (χ0v) is 49.0. The largest absolute Gasteiger partial charge is 0.481 e. The maximum absolute atomic E-state index is 14.0. The van der Waals surface area contributed by atoms with Gasteiger partial charge in [0.1, 0.15) is 30.9 Å². The number of carboxylic acids is 1. The molecule has 88 heavy (non-hydrogen) atoms. The Hall–Kier alpha value is -8.98. The normalized spacial score (nSPS) is 14.3. The SMILES string of the molecule is Cc1ccc(C)c(CNC(=O)C(=O)N2CCC(C(=O)N[C@@H](CC(=O)O)C(=O)COc3c(F)c(F)cc(F)c3F)CC2)c1.Cc1ccc(C)c(CNC(=O)C(=O)N2CCC(C(=O)N[C@@H](CC(=O)OC(C)(C)C)C(=O)COc3c(F)c(F)cc(F)c3F)CC2)c1. The zero-order valence-electron chi connectivity index (χ0n) is 49.0. The van der Waals surface area contributed by atoms with Gasteiger partial charge in [-0.15, -0.1) is 0 Å². The molecular formula is C60H66F8N6O14. The molecule has 476 valence electrons. The van der Waals surface area contributed by atoms with Crippen LogP contribution in [0.4, 0.5) is 35.1 Å². The number of aliphatic carboxylic acids is 1. The van der Waals surface area contributed by atoms with Crippen molar-refractivity contribution in [2.75, 3.05) is 39.4 Å². The van der Waals surface area contributed by atoms with Crippen LogP contribution >= 0.6 is 0 Å². The number of ketones is 2. The van der Waals surface area contributed by atoms with Gasteiger partial charge >= 0.3 is 35.6 Å². The topological polar surface area (TPSA) is 273 Å². The van der Waals surface area contributed by atoms with E-state index in [2.05, 4.69) is 26.0 Å². The lowest BCUT2D eigenvalue weighted by Gasteiger charge is -2.31. The van der Waals surface area contributed by atoms with E-state index in [1.54, 1.807) is 20.8 Å². The number of hydrogen-bond acceptors (Lipinski definition) is 13. The highest BCUT2D eigenvalue weighted by Gasteiger charge is 2.36. The van der Waals surface area contributed by atoms with Crippen LogP contribution in [0.5, 0.6) is 11.5 Å². The summed E-state index contributed by atoms with van der Waals surface area (Å²) in [6.07, 6.45) is -1.12. The first-order valence-electron chi connectivity index (χ1n) is 27.5. The Kier molecular flexibility index (Phi) is 24.7. The molecule has 0 spiro atoms. The minimum absolute atomic E-state index is 0.0253. The van der Waals surface area contributed by atoms with E-state index < -0.39 is 173 Å². The number of rotatable bonds is 20. The first kappa shape index (κ1) is 69.8. The third-order valence-electron chi connectivity index (χ3n) is 14.0. The highest BCUT2D eigenvalue weighted by molar-refractivity contribution is 6.35. The van der Waals surface area contributed by atoms with Crippen molar-refractivity contribution in [3.05, 3.63) is 128 Å². The fourth-order valence-electron chi connectivity index (χ4n) is 9.10. The highest BCUT2D eigenvalue weighted by Crippen LogP contribution is 2.29. The Labute approximate surface area is 500 Å². The number of Topliss-reactive ketones (excluding diaryl/α,β-unsaturated/α-hetero) is 2. The second kappa shape index (κ2) is 31.1. The van der Waals surface area contributed by atoms with Gasteiger partial charge in [-0.1, -0.05) is 47.5 Å². The maximum Gasteiger partial charge on any atom is 0.311 e. The van der Waals surface area contributed by atoms with Crippen molar-refractivity contribution in [2.45, 2.75) is 118 Å². The van der Waals surface area contributed by atoms with Crippen LogP contribution < -0.4 is 30.7 Å². The van der Waals surface area contributed by atoms with E-state index in [1.165, 1.54) is 9.80 Å². The molecule has 2 aliphatic heterocycles. The molecule has 2 atom stereocenters. The van der Waals surface area contributed by atoms with Crippen LogP contribution in [0.3, 0.4) is 0 Å². The van der Waals surface area contributed by atoms with Gasteiger partial charge in [-0.05, 0) is 96.4 Å². The summed E-state index contributed by atoms with van der Waals surface area (Å²) in [5.74, 6) is -28.0. The number of esters is 1. The number of nitrogens with one attached hydrogen (secondary N) is 4. The van der Waals surface area contributed by atoms with E-state index in [0.29, 0.717) is 0 Å². The van der Waals surface area contributed by atoms with Gasteiger partial charge < -0.3 is 50.4 Å². The van der Waals surface area contributed by atoms with Gasteiger partial charge in [0.15, 0.2) is 46.3 Å². The van der Waals surface area contributed by atoms with Gasteiger partial charge in [-0.3, -0.25) is 47.9 Å². The van der Waals surface area contributed by atoms with Crippen LogP contribution in [0.1, 0.15) is 92.7 Å². The molecular weight excluding hydrogens is 1180 g/mol. The van der Waals surface area contributed by atoms with Gasteiger partial charge in [0.05, 0.1) is 12.8 Å². The molecule has 2 aliphatic rings. The molecule has 2 fully saturated rings. The molecule has 0 bridgehead atoms. The van der Waals surface area contributed by atoms with Crippen molar-refractivity contribution in [3.8, 4) is 11.5 Å². The molecule has 28 heteroatoms. The van der Waals surface area contributed by atoms with Crippen LogP contribution in [-0.2, 0) is 65.8 Å². The van der Waals surface area contributed by atoms with E-state index in [0.717, 1.165) is 33.4 Å². The first-order valence-corrected chi connectivity index (χ1v) is 27.5. The van der Waals surface area contributed by atoms with Crippen LogP contribution in [0, 0.1) is 86.1 Å². The molecule has 5 N–H and O–H groups in total. The van der Waals surface area contributed by atoms with Gasteiger partial charge in [0.25, 0.3) is 0 Å². The fraction of sp³-hybridized carbons (Fsp3) is 0.433. The number of halogens is 8. The van der Waals surface area contributed by atoms with Gasteiger partial charge in [0.2, 0.25) is 35.1 Å². The van der Waals surface area contributed by atoms with Crippen molar-refractivity contribution in [3.63, 3.8) is 0 Å². The summed E-state index contributed by atoms with van der Waals surface area (Å²) in [6, 6.07) is 8.15. The van der Waals surface area contributed by atoms with Crippen molar-refractivity contribution in [1.29, 1.82) is 0 Å². The number of aryl methyl sites for hydroxylation is 4. The van der Waals surface area contributed by atoms with E-state index in [4.69, 9.17) is 14.6 Å². The van der Waals surface area contributed by atoms with Crippen molar-refractivity contribution in [1.82, 2.24) is 31.1 Å². The first-order chi connectivity index (χ1) is 41.2. The molecule has 0 aromatic heterocycles. The summed E-state index contributed by atoms with van der Waals surface area (Å²) in [4.78, 5) is 128. The molecule has 4 aromatic rings. The Balaban J connectivity index is 0.000000322. The molecule has 0 radical (unpaired) electrons. The lowest BCUT2D eigenvalue weighted by molar-refractivity contribution is -0.156. The third-order valence-corrected chi connectivity index (χ3v) is 14.0. The van der Waals surface area contributed by atoms with Crippen molar-refractivity contribution in [2.24, 2.45) is 11.8 Å². The fourth-order valence-corrected chi connectivity index (χ4v) is 9.10. The number of benzene rings is 4. The predicted molar refractivity (Wildman–Crippen MR) is 294 cm³/mol. The molecule has 0 aliphatic carbocycles. The molecule has 2 saturated heterocycles. The zero-order chi connectivity index (χ0) is 65.5. The summed E-state index contributed by atoms with van der Waals surface area (Å²) >= 11 is 0. The van der Waals surface area contributed by atoms with E-state index in [9.17, 15) is 83.1 Å². The Bertz CT molecular complexity index is 3270. The van der Waals surface area contributed by atoms with Crippen LogP contribution in [-0.4, -0.2) is 131 Å². The minimum atomic E-state index is -1.89. The molecule has 4 aromatic carbocycles. The quantitative estimate of drug-likeness (QED) is 0.0298. The number of ether oxygens (including phenoxy) is 3. The number of carbonyl (C=O) groups is 10. The Morgan fingerprint density at radius 1 is 0.534 bits per heavy atom. The number of amides is 6. The van der Waals surface area contributed by atoms with Crippen LogP contribution in [0.25, 0.3) is 0 Å². The summed E-state index contributed by atoms with van der Waals surface area (Å²) in [5, 5.41) is 19.0. The summed E-state index contributed by atoms with van der Waals surface area (Å²) in [5.41, 5.74) is 4.71. The molecule has 6 rings (SSSR count). The monoisotopic (exact) mass is 1250 g/mol. The molecule has 0 unspecified atom stereocenters. The Morgan fingerprint density at radius 3 is 1.20 bits per heavy atom. The Morgan fingerprint density at radius 2 is 0.875 bits per heavy atom. The second-order valence-corrected chi connectivity index (χ2v) is 22.0. The average molecular weight is 1250 g/mol. The smallest absolute Gasteiger partial charge is 0.311 e.